The predicted octanol–water partition coefficient (Wildman–Crippen LogP) is 12.9. The van der Waals surface area contributed by atoms with Crippen LogP contribution in [-0.2, 0) is 0 Å². The van der Waals surface area contributed by atoms with Crippen LogP contribution in [0.1, 0.15) is 0 Å². The van der Waals surface area contributed by atoms with Gasteiger partial charge in [-0.2, -0.15) is 0 Å². The minimum absolute atomic E-state index is 0.920. The van der Waals surface area contributed by atoms with E-state index in [1.165, 1.54) is 21.9 Å². The molecule has 0 fully saturated rings. The molecule has 0 saturated heterocycles. The summed E-state index contributed by atoms with van der Waals surface area (Å²) in [6.07, 6.45) is 7.55. The summed E-state index contributed by atoms with van der Waals surface area (Å²) in [7, 11) is 0. The number of aromatic nitrogens is 4. The zero-order chi connectivity index (χ0) is 34.4. The number of thiazole rings is 2. The summed E-state index contributed by atoms with van der Waals surface area (Å²) in [4.78, 5) is 19.1. The van der Waals surface area contributed by atoms with Gasteiger partial charge in [-0.25, -0.2) is 9.97 Å². The smallest absolute Gasteiger partial charge is 0.124 e. The first-order chi connectivity index (χ1) is 25.8. The Morgan fingerprint density at radius 3 is 1.48 bits per heavy atom. The molecule has 0 saturated carbocycles. The van der Waals surface area contributed by atoms with Crippen molar-refractivity contribution in [3.63, 3.8) is 0 Å². The molecule has 4 nitrogen and oxygen atoms in total. The second-order valence-corrected chi connectivity index (χ2v) is 14.5. The highest BCUT2D eigenvalue weighted by Gasteiger charge is 2.19. The van der Waals surface area contributed by atoms with E-state index in [2.05, 4.69) is 143 Å². The first-order valence-electron chi connectivity index (χ1n) is 17.1. The van der Waals surface area contributed by atoms with Crippen LogP contribution in [0.3, 0.4) is 0 Å². The number of hydrogen-bond acceptors (Lipinski definition) is 6. The molecule has 0 radical (unpaired) electrons. The SMILES string of the molecule is c1ccc2c(-c3ccc(-c4ccc5c(-c6ccc(-c7nccs7)cn6)c6ccccc6c(-c6ccc(-c7nccs7)cn6)c5c4)cc3)cccc2c1. The van der Waals surface area contributed by atoms with Crippen molar-refractivity contribution in [1.82, 2.24) is 19.9 Å². The maximum absolute atomic E-state index is 5.07. The van der Waals surface area contributed by atoms with Gasteiger partial charge in [0.05, 0.1) is 11.4 Å². The van der Waals surface area contributed by atoms with Crippen LogP contribution in [-0.4, -0.2) is 19.9 Å². The number of pyridine rings is 2. The van der Waals surface area contributed by atoms with E-state index in [1.54, 1.807) is 22.7 Å². The van der Waals surface area contributed by atoms with Gasteiger partial charge in [-0.3, -0.25) is 9.97 Å². The molecule has 4 aromatic heterocycles. The topological polar surface area (TPSA) is 51.6 Å². The maximum atomic E-state index is 5.07. The first kappa shape index (κ1) is 30.5. The van der Waals surface area contributed by atoms with E-state index in [0.717, 1.165) is 76.3 Å². The third-order valence-electron chi connectivity index (χ3n) is 9.74. The molecule has 6 aromatic carbocycles. The van der Waals surface area contributed by atoms with Crippen LogP contribution in [0.5, 0.6) is 0 Å². The van der Waals surface area contributed by atoms with Gasteiger partial charge in [0.15, 0.2) is 0 Å². The number of hydrogen-bond donors (Lipinski definition) is 0. The lowest BCUT2D eigenvalue weighted by Crippen LogP contribution is -1.94. The van der Waals surface area contributed by atoms with Crippen LogP contribution in [0.25, 0.3) is 98.2 Å². The van der Waals surface area contributed by atoms with E-state index in [0.29, 0.717) is 0 Å². The summed E-state index contributed by atoms with van der Waals surface area (Å²) < 4.78 is 0. The molecular weight excluding hydrogens is 673 g/mol. The van der Waals surface area contributed by atoms with Gasteiger partial charge in [-0.05, 0) is 84.9 Å². The number of rotatable bonds is 6. The quantitative estimate of drug-likeness (QED) is 0.162. The third-order valence-corrected chi connectivity index (χ3v) is 11.4. The third kappa shape index (κ3) is 5.28. The summed E-state index contributed by atoms with van der Waals surface area (Å²) in [6.45, 7) is 0. The largest absolute Gasteiger partial charge is 0.255 e. The Morgan fingerprint density at radius 1 is 0.365 bits per heavy atom. The van der Waals surface area contributed by atoms with Crippen molar-refractivity contribution in [3.05, 3.63) is 169 Å². The fourth-order valence-corrected chi connectivity index (χ4v) is 8.56. The van der Waals surface area contributed by atoms with Crippen molar-refractivity contribution in [2.45, 2.75) is 0 Å². The Bertz CT molecular complexity index is 2860. The van der Waals surface area contributed by atoms with Gasteiger partial charge in [0.25, 0.3) is 0 Å². The molecule has 0 unspecified atom stereocenters. The maximum Gasteiger partial charge on any atom is 0.124 e. The van der Waals surface area contributed by atoms with E-state index < -0.39 is 0 Å². The van der Waals surface area contributed by atoms with Gasteiger partial charge >= 0.3 is 0 Å². The molecule has 10 rings (SSSR count). The second kappa shape index (κ2) is 12.8. The Kier molecular flexibility index (Phi) is 7.48. The van der Waals surface area contributed by atoms with Crippen molar-refractivity contribution in [2.24, 2.45) is 0 Å². The molecule has 0 amide bonds. The molecule has 0 atom stereocenters. The molecule has 52 heavy (non-hydrogen) atoms. The number of fused-ring (bicyclic) bond motifs is 3. The van der Waals surface area contributed by atoms with Crippen molar-refractivity contribution in [1.29, 1.82) is 0 Å². The molecule has 6 heteroatoms. The van der Waals surface area contributed by atoms with E-state index in [9.17, 15) is 0 Å². The molecule has 0 aliphatic carbocycles. The fraction of sp³-hybridized carbons (Fsp3) is 0. The Morgan fingerprint density at radius 2 is 0.885 bits per heavy atom. The van der Waals surface area contributed by atoms with Crippen LogP contribution < -0.4 is 0 Å². The Hall–Kier alpha value is -6.34. The van der Waals surface area contributed by atoms with Crippen molar-refractivity contribution < 1.29 is 0 Å². The zero-order valence-electron chi connectivity index (χ0n) is 27.8. The molecule has 0 bridgehead atoms. The molecule has 244 valence electrons. The monoisotopic (exact) mass is 700 g/mol. The number of nitrogens with zero attached hydrogens (tertiary/aromatic N) is 4. The second-order valence-electron chi connectivity index (χ2n) is 12.7. The van der Waals surface area contributed by atoms with Crippen molar-refractivity contribution in [2.75, 3.05) is 0 Å². The lowest BCUT2D eigenvalue weighted by molar-refractivity contribution is 1.31. The van der Waals surface area contributed by atoms with E-state index in [-0.39, 0.29) is 0 Å². The summed E-state index contributed by atoms with van der Waals surface area (Å²) in [5, 5.41) is 13.0. The Balaban J connectivity index is 1.16. The standard InChI is InChI=1S/C46H28N4S2/c1-2-8-35-30(6-1)7-5-11-36(35)31-14-12-29(13-15-31)32-16-19-39-40(26-32)44(42-21-18-34(28-50-42)46-48-23-25-52-46)38-10-4-3-9-37(38)43(39)41-20-17-33(27-49-41)45-47-22-24-51-45/h1-28H. The summed E-state index contributed by atoms with van der Waals surface area (Å²) in [5.41, 5.74) is 10.8. The predicted molar refractivity (Wildman–Crippen MR) is 219 cm³/mol. The molecule has 0 aliphatic rings. The van der Waals surface area contributed by atoms with Gasteiger partial charge in [0.1, 0.15) is 10.0 Å². The molecule has 0 spiro atoms. The summed E-state index contributed by atoms with van der Waals surface area (Å²) >= 11 is 3.24. The van der Waals surface area contributed by atoms with E-state index in [1.807, 2.05) is 35.5 Å². The summed E-state index contributed by atoms with van der Waals surface area (Å²) in [5.74, 6) is 0. The van der Waals surface area contributed by atoms with Crippen LogP contribution in [0, 0.1) is 0 Å². The van der Waals surface area contributed by atoms with E-state index >= 15 is 0 Å². The molecule has 4 heterocycles. The molecule has 0 aliphatic heterocycles. The van der Waals surface area contributed by atoms with E-state index in [4.69, 9.17) is 9.97 Å². The highest BCUT2D eigenvalue weighted by atomic mass is 32.1. The minimum Gasteiger partial charge on any atom is -0.255 e. The van der Waals surface area contributed by atoms with Gasteiger partial charge in [-0.15, -0.1) is 22.7 Å². The normalized spacial score (nSPS) is 11.5. The van der Waals surface area contributed by atoms with Gasteiger partial charge < -0.3 is 0 Å². The zero-order valence-corrected chi connectivity index (χ0v) is 29.4. The average molecular weight is 701 g/mol. The lowest BCUT2D eigenvalue weighted by Gasteiger charge is -2.18. The average Bonchev–Trinajstić information content (AvgIpc) is 3.96. The van der Waals surface area contributed by atoms with Crippen LogP contribution in [0.15, 0.2) is 169 Å². The fourth-order valence-electron chi connectivity index (χ4n) is 7.30. The summed E-state index contributed by atoms with van der Waals surface area (Å²) in [6, 6.07) is 48.0. The lowest BCUT2D eigenvalue weighted by atomic mass is 9.87. The van der Waals surface area contributed by atoms with Crippen molar-refractivity contribution in [3.8, 4) is 65.9 Å². The molecular formula is C46H28N4S2. The number of benzene rings is 6. The van der Waals surface area contributed by atoms with Gasteiger partial charge in [0.2, 0.25) is 0 Å². The minimum atomic E-state index is 0.920. The Labute approximate surface area is 308 Å². The first-order valence-corrected chi connectivity index (χ1v) is 18.8. The molecule has 10 aromatic rings. The molecule has 0 N–H and O–H groups in total. The van der Waals surface area contributed by atoms with Crippen molar-refractivity contribution >= 4 is 55.0 Å². The van der Waals surface area contributed by atoms with Crippen LogP contribution >= 0.6 is 22.7 Å². The highest BCUT2D eigenvalue weighted by Crippen LogP contribution is 2.44. The highest BCUT2D eigenvalue weighted by molar-refractivity contribution is 7.13. The van der Waals surface area contributed by atoms with Crippen LogP contribution in [0.2, 0.25) is 0 Å². The van der Waals surface area contributed by atoms with Gasteiger partial charge in [0, 0.05) is 57.8 Å². The van der Waals surface area contributed by atoms with Gasteiger partial charge in [-0.1, -0.05) is 103 Å². The van der Waals surface area contributed by atoms with Crippen LogP contribution in [0.4, 0.5) is 0 Å².